The van der Waals surface area contributed by atoms with Crippen LogP contribution in [0.25, 0.3) is 5.82 Å². The van der Waals surface area contributed by atoms with Crippen molar-refractivity contribution in [3.8, 4) is 5.82 Å². The summed E-state index contributed by atoms with van der Waals surface area (Å²) in [5.74, 6) is 0.871. The summed E-state index contributed by atoms with van der Waals surface area (Å²) in [5, 5.41) is 7.94. The molecule has 1 saturated carbocycles. The van der Waals surface area contributed by atoms with Crippen LogP contribution in [-0.2, 0) is 0 Å². The number of hydrogen-bond acceptors (Lipinski definition) is 3. The zero-order chi connectivity index (χ0) is 13.3. The number of rotatable bonds is 3. The van der Waals surface area contributed by atoms with Crippen molar-refractivity contribution in [2.45, 2.75) is 39.2 Å². The molecule has 2 heterocycles. The van der Waals surface area contributed by atoms with Crippen molar-refractivity contribution in [2.75, 3.05) is 5.32 Å². The summed E-state index contributed by atoms with van der Waals surface area (Å²) in [6.45, 7) is 4.67. The first-order valence-electron chi connectivity index (χ1n) is 6.88. The van der Waals surface area contributed by atoms with Crippen molar-refractivity contribution in [2.24, 2.45) is 5.41 Å². The quantitative estimate of drug-likeness (QED) is 0.916. The molecule has 19 heavy (non-hydrogen) atoms. The minimum absolute atomic E-state index is 0.344. The van der Waals surface area contributed by atoms with Crippen molar-refractivity contribution in [3.63, 3.8) is 0 Å². The highest BCUT2D eigenvalue weighted by molar-refractivity contribution is 5.57. The average Bonchev–Trinajstić information content (AvgIpc) is 3.01. The molecule has 0 spiro atoms. The minimum atomic E-state index is 0.344. The number of hydrogen-bond donors (Lipinski definition) is 1. The Labute approximate surface area is 113 Å². The maximum Gasteiger partial charge on any atom is 0.176 e. The first-order chi connectivity index (χ1) is 9.17. The van der Waals surface area contributed by atoms with Gasteiger partial charge in [-0.05, 0) is 36.5 Å². The molecule has 0 aliphatic heterocycles. The molecule has 1 unspecified atom stereocenters. The third-order valence-corrected chi connectivity index (χ3v) is 4.10. The van der Waals surface area contributed by atoms with Gasteiger partial charge >= 0.3 is 0 Å². The van der Waals surface area contributed by atoms with Crippen molar-refractivity contribution in [1.29, 1.82) is 0 Å². The lowest BCUT2D eigenvalue weighted by molar-refractivity contribution is 0.350. The van der Waals surface area contributed by atoms with E-state index in [0.29, 0.717) is 11.5 Å². The minimum Gasteiger partial charge on any atom is -0.379 e. The first-order valence-corrected chi connectivity index (χ1v) is 6.88. The Balaban J connectivity index is 1.89. The fourth-order valence-corrected chi connectivity index (χ4v) is 2.87. The van der Waals surface area contributed by atoms with Gasteiger partial charge in [-0.3, -0.25) is 0 Å². The van der Waals surface area contributed by atoms with Crippen LogP contribution in [0.1, 0.15) is 33.1 Å². The lowest BCUT2D eigenvalue weighted by Crippen LogP contribution is -2.31. The molecule has 1 N–H and O–H groups in total. The second-order valence-electron chi connectivity index (χ2n) is 5.90. The Morgan fingerprint density at radius 3 is 2.89 bits per heavy atom. The zero-order valence-corrected chi connectivity index (χ0v) is 11.5. The third kappa shape index (κ3) is 2.35. The van der Waals surface area contributed by atoms with E-state index in [4.69, 9.17) is 0 Å². The molecule has 0 saturated heterocycles. The fourth-order valence-electron chi connectivity index (χ4n) is 2.87. The van der Waals surface area contributed by atoms with Gasteiger partial charge in [0.25, 0.3) is 0 Å². The van der Waals surface area contributed by atoms with Crippen LogP contribution in [0.2, 0.25) is 0 Å². The Morgan fingerprint density at radius 2 is 2.21 bits per heavy atom. The predicted molar refractivity (Wildman–Crippen MR) is 76.4 cm³/mol. The van der Waals surface area contributed by atoms with Gasteiger partial charge in [0.2, 0.25) is 0 Å². The molecule has 1 aliphatic rings. The van der Waals surface area contributed by atoms with E-state index in [1.165, 1.54) is 19.3 Å². The van der Waals surface area contributed by atoms with Gasteiger partial charge in [0, 0.05) is 24.6 Å². The molecule has 0 amide bonds. The number of aromatic nitrogens is 3. The summed E-state index contributed by atoms with van der Waals surface area (Å²) >= 11 is 0. The normalized spacial score (nSPS) is 21.5. The summed E-state index contributed by atoms with van der Waals surface area (Å²) in [5.41, 5.74) is 1.41. The van der Waals surface area contributed by atoms with Gasteiger partial charge in [-0.2, -0.15) is 5.10 Å². The molecule has 1 atom stereocenters. The summed E-state index contributed by atoms with van der Waals surface area (Å²) in [6.07, 6.45) is 9.30. The van der Waals surface area contributed by atoms with Crippen molar-refractivity contribution in [1.82, 2.24) is 14.8 Å². The van der Waals surface area contributed by atoms with Crippen molar-refractivity contribution in [3.05, 3.63) is 36.8 Å². The SMILES string of the molecule is CC1(C)CCCC1Nc1cccnc1-n1cccn1. The lowest BCUT2D eigenvalue weighted by atomic mass is 9.87. The zero-order valence-electron chi connectivity index (χ0n) is 11.5. The van der Waals surface area contributed by atoms with E-state index in [2.05, 4.69) is 35.3 Å². The van der Waals surface area contributed by atoms with E-state index >= 15 is 0 Å². The number of anilines is 1. The summed E-state index contributed by atoms with van der Waals surface area (Å²) in [7, 11) is 0. The Hall–Kier alpha value is -1.84. The van der Waals surface area contributed by atoms with E-state index < -0.39 is 0 Å². The molecule has 1 aliphatic carbocycles. The summed E-state index contributed by atoms with van der Waals surface area (Å²) < 4.78 is 1.81. The Kier molecular flexibility index (Phi) is 3.01. The monoisotopic (exact) mass is 256 g/mol. The summed E-state index contributed by atoms with van der Waals surface area (Å²) in [4.78, 5) is 4.45. The molecule has 4 heteroatoms. The van der Waals surface area contributed by atoms with E-state index in [1.807, 2.05) is 29.2 Å². The molecule has 2 aromatic rings. The second-order valence-corrected chi connectivity index (χ2v) is 5.90. The van der Waals surface area contributed by atoms with E-state index in [-0.39, 0.29) is 0 Å². The van der Waals surface area contributed by atoms with Gasteiger partial charge in [0.1, 0.15) is 0 Å². The smallest absolute Gasteiger partial charge is 0.176 e. The van der Waals surface area contributed by atoms with E-state index in [0.717, 1.165) is 11.5 Å². The van der Waals surface area contributed by atoms with Gasteiger partial charge < -0.3 is 5.32 Å². The maximum absolute atomic E-state index is 4.45. The average molecular weight is 256 g/mol. The van der Waals surface area contributed by atoms with Crippen LogP contribution in [0.15, 0.2) is 36.8 Å². The molecule has 1 fully saturated rings. The second kappa shape index (κ2) is 4.68. The largest absolute Gasteiger partial charge is 0.379 e. The molecule has 2 aromatic heterocycles. The van der Waals surface area contributed by atoms with Gasteiger partial charge in [-0.15, -0.1) is 0 Å². The molecule has 0 aromatic carbocycles. The van der Waals surface area contributed by atoms with E-state index in [1.54, 1.807) is 6.20 Å². The molecular formula is C15H20N4. The highest BCUT2D eigenvalue weighted by atomic mass is 15.3. The van der Waals surface area contributed by atoms with Crippen molar-refractivity contribution >= 4 is 5.69 Å². The molecule has 3 rings (SSSR count). The first kappa shape index (κ1) is 12.2. The highest BCUT2D eigenvalue weighted by Crippen LogP contribution is 2.39. The number of pyridine rings is 1. The van der Waals surface area contributed by atoms with Crippen LogP contribution in [0, 0.1) is 5.41 Å². The molecule has 0 bridgehead atoms. The maximum atomic E-state index is 4.45. The van der Waals surface area contributed by atoms with Crippen LogP contribution in [-0.4, -0.2) is 20.8 Å². The Morgan fingerprint density at radius 1 is 1.32 bits per heavy atom. The summed E-state index contributed by atoms with van der Waals surface area (Å²) in [6, 6.07) is 6.47. The Bertz CT molecular complexity index is 545. The van der Waals surface area contributed by atoms with Gasteiger partial charge in [-0.25, -0.2) is 9.67 Å². The molecule has 100 valence electrons. The van der Waals surface area contributed by atoms with Gasteiger partial charge in [0.05, 0.1) is 5.69 Å². The molecular weight excluding hydrogens is 236 g/mol. The molecule has 0 radical (unpaired) electrons. The third-order valence-electron chi connectivity index (χ3n) is 4.10. The number of nitrogens with one attached hydrogen (secondary N) is 1. The topological polar surface area (TPSA) is 42.7 Å². The van der Waals surface area contributed by atoms with Crippen LogP contribution < -0.4 is 5.32 Å². The highest BCUT2D eigenvalue weighted by Gasteiger charge is 2.34. The van der Waals surface area contributed by atoms with Crippen LogP contribution >= 0.6 is 0 Å². The van der Waals surface area contributed by atoms with Crippen LogP contribution in [0.4, 0.5) is 5.69 Å². The van der Waals surface area contributed by atoms with Crippen LogP contribution in [0.5, 0.6) is 0 Å². The fraction of sp³-hybridized carbons (Fsp3) is 0.467. The van der Waals surface area contributed by atoms with Crippen LogP contribution in [0.3, 0.4) is 0 Å². The standard InChI is InChI=1S/C15H20N4/c1-15(2)8-3-7-13(15)18-12-6-4-9-16-14(12)19-11-5-10-17-19/h4-6,9-11,13,18H,3,7-8H2,1-2H3. The predicted octanol–water partition coefficient (Wildman–Crippen LogP) is 3.26. The molecule has 4 nitrogen and oxygen atoms in total. The number of nitrogens with zero attached hydrogens (tertiary/aromatic N) is 3. The van der Waals surface area contributed by atoms with Gasteiger partial charge in [0.15, 0.2) is 5.82 Å². The van der Waals surface area contributed by atoms with Crippen molar-refractivity contribution < 1.29 is 0 Å². The van der Waals surface area contributed by atoms with E-state index in [9.17, 15) is 0 Å². The lowest BCUT2D eigenvalue weighted by Gasteiger charge is -2.29. The van der Waals surface area contributed by atoms with Gasteiger partial charge in [-0.1, -0.05) is 20.3 Å².